The first kappa shape index (κ1) is 13.3. The van der Waals surface area contributed by atoms with Crippen LogP contribution in [0.5, 0.6) is 0 Å². The van der Waals surface area contributed by atoms with Gasteiger partial charge in [-0.3, -0.25) is 4.79 Å². The Morgan fingerprint density at radius 1 is 1.50 bits per heavy atom. The lowest BCUT2D eigenvalue weighted by Crippen LogP contribution is -2.43. The molecule has 1 aromatic rings. The Bertz CT molecular complexity index is 479. The number of amides is 1. The Morgan fingerprint density at radius 3 is 3.05 bits per heavy atom. The highest BCUT2D eigenvalue weighted by atomic mass is 16.5. The first-order chi connectivity index (χ1) is 9.65. The summed E-state index contributed by atoms with van der Waals surface area (Å²) in [5.74, 6) is 1.50. The van der Waals surface area contributed by atoms with Gasteiger partial charge in [-0.25, -0.2) is 9.97 Å². The fourth-order valence-corrected chi connectivity index (χ4v) is 3.06. The Kier molecular flexibility index (Phi) is 3.56. The standard InChI is InChI=1S/C14H20N4O2/c1-17(2)14(19)11-7-10-4-6-18(8-12(10)20-11)13-3-5-15-9-16-13/h3,5,9-12H,4,6-8H2,1-2H3/t10-,11+,12+/m1/s1. The molecule has 0 saturated carbocycles. The zero-order valence-electron chi connectivity index (χ0n) is 11.9. The number of carbonyl (C=O) groups is 1. The number of likely N-dealkylation sites (N-methyl/N-ethyl adjacent to an activating group) is 1. The highest BCUT2D eigenvalue weighted by Crippen LogP contribution is 2.34. The van der Waals surface area contributed by atoms with E-state index in [-0.39, 0.29) is 18.1 Å². The van der Waals surface area contributed by atoms with Crippen LogP contribution in [0.2, 0.25) is 0 Å². The van der Waals surface area contributed by atoms with Crippen molar-refractivity contribution in [1.29, 1.82) is 0 Å². The Balaban J connectivity index is 1.66. The van der Waals surface area contributed by atoms with E-state index < -0.39 is 0 Å². The van der Waals surface area contributed by atoms with Gasteiger partial charge in [0, 0.05) is 33.4 Å². The summed E-state index contributed by atoms with van der Waals surface area (Å²) in [4.78, 5) is 24.1. The van der Waals surface area contributed by atoms with Crippen LogP contribution in [0.25, 0.3) is 0 Å². The van der Waals surface area contributed by atoms with Crippen LogP contribution in [0.15, 0.2) is 18.6 Å². The van der Waals surface area contributed by atoms with Crippen LogP contribution >= 0.6 is 0 Å². The van der Waals surface area contributed by atoms with Gasteiger partial charge in [0.1, 0.15) is 18.2 Å². The molecular weight excluding hydrogens is 256 g/mol. The van der Waals surface area contributed by atoms with Crippen molar-refractivity contribution < 1.29 is 9.53 Å². The molecule has 6 heteroatoms. The first-order valence-corrected chi connectivity index (χ1v) is 7.02. The van der Waals surface area contributed by atoms with Crippen LogP contribution in [0, 0.1) is 5.92 Å². The van der Waals surface area contributed by atoms with Gasteiger partial charge in [-0.1, -0.05) is 0 Å². The predicted molar refractivity (Wildman–Crippen MR) is 74.3 cm³/mol. The Labute approximate surface area is 118 Å². The molecule has 1 amide bonds. The number of hydrogen-bond acceptors (Lipinski definition) is 5. The molecule has 2 aliphatic heterocycles. The number of aromatic nitrogens is 2. The van der Waals surface area contributed by atoms with Crippen molar-refractivity contribution >= 4 is 11.7 Å². The van der Waals surface area contributed by atoms with Crippen LogP contribution in [0.4, 0.5) is 5.82 Å². The maximum atomic E-state index is 12.0. The van der Waals surface area contributed by atoms with Crippen molar-refractivity contribution in [3.63, 3.8) is 0 Å². The molecule has 0 unspecified atom stereocenters. The molecule has 0 bridgehead atoms. The van der Waals surface area contributed by atoms with Gasteiger partial charge in [0.2, 0.25) is 0 Å². The summed E-state index contributed by atoms with van der Waals surface area (Å²) in [6.45, 7) is 1.77. The van der Waals surface area contributed by atoms with E-state index in [1.165, 1.54) is 0 Å². The molecule has 2 saturated heterocycles. The monoisotopic (exact) mass is 276 g/mol. The zero-order valence-corrected chi connectivity index (χ0v) is 11.9. The molecule has 3 atom stereocenters. The fraction of sp³-hybridized carbons (Fsp3) is 0.643. The second-order valence-corrected chi connectivity index (χ2v) is 5.69. The molecule has 0 N–H and O–H groups in total. The third kappa shape index (κ3) is 2.47. The minimum Gasteiger partial charge on any atom is -0.363 e. The number of nitrogens with zero attached hydrogens (tertiary/aromatic N) is 4. The molecule has 20 heavy (non-hydrogen) atoms. The highest BCUT2D eigenvalue weighted by molar-refractivity contribution is 5.80. The molecule has 2 aliphatic rings. The molecule has 1 aromatic heterocycles. The molecule has 0 spiro atoms. The van der Waals surface area contributed by atoms with Gasteiger partial charge in [0.05, 0.1) is 6.10 Å². The molecule has 6 nitrogen and oxygen atoms in total. The zero-order chi connectivity index (χ0) is 14.1. The number of ether oxygens (including phenoxy) is 1. The summed E-state index contributed by atoms with van der Waals surface area (Å²) < 4.78 is 5.96. The van der Waals surface area contributed by atoms with Crippen LogP contribution in [0.3, 0.4) is 0 Å². The lowest BCUT2D eigenvalue weighted by atomic mass is 9.91. The van der Waals surface area contributed by atoms with E-state index in [2.05, 4.69) is 14.9 Å². The third-order valence-electron chi connectivity index (χ3n) is 4.16. The van der Waals surface area contributed by atoms with E-state index in [1.807, 2.05) is 6.07 Å². The van der Waals surface area contributed by atoms with Crippen molar-refractivity contribution in [3.8, 4) is 0 Å². The van der Waals surface area contributed by atoms with Crippen molar-refractivity contribution in [2.24, 2.45) is 5.92 Å². The van der Waals surface area contributed by atoms with Gasteiger partial charge in [-0.2, -0.15) is 0 Å². The molecular formula is C14H20N4O2. The largest absolute Gasteiger partial charge is 0.363 e. The van der Waals surface area contributed by atoms with Gasteiger partial charge >= 0.3 is 0 Å². The van der Waals surface area contributed by atoms with Gasteiger partial charge in [0.25, 0.3) is 5.91 Å². The Morgan fingerprint density at radius 2 is 2.35 bits per heavy atom. The topological polar surface area (TPSA) is 58.6 Å². The van der Waals surface area contributed by atoms with Crippen LogP contribution in [0.1, 0.15) is 12.8 Å². The van der Waals surface area contributed by atoms with E-state index in [9.17, 15) is 4.79 Å². The van der Waals surface area contributed by atoms with Crippen LogP contribution < -0.4 is 4.90 Å². The van der Waals surface area contributed by atoms with Gasteiger partial charge in [-0.05, 0) is 24.8 Å². The average Bonchev–Trinajstić information content (AvgIpc) is 2.90. The molecule has 0 aliphatic carbocycles. The van der Waals surface area contributed by atoms with E-state index >= 15 is 0 Å². The number of rotatable bonds is 2. The minimum atomic E-state index is -0.273. The minimum absolute atomic E-state index is 0.0768. The summed E-state index contributed by atoms with van der Waals surface area (Å²) in [6.07, 6.45) is 5.07. The highest BCUT2D eigenvalue weighted by Gasteiger charge is 2.42. The molecule has 3 heterocycles. The van der Waals surface area contributed by atoms with E-state index in [1.54, 1.807) is 31.5 Å². The number of carbonyl (C=O) groups excluding carboxylic acids is 1. The van der Waals surface area contributed by atoms with E-state index in [0.717, 1.165) is 31.7 Å². The van der Waals surface area contributed by atoms with Crippen LogP contribution in [-0.2, 0) is 9.53 Å². The van der Waals surface area contributed by atoms with Crippen molar-refractivity contribution in [2.45, 2.75) is 25.0 Å². The van der Waals surface area contributed by atoms with E-state index in [0.29, 0.717) is 5.92 Å². The number of fused-ring (bicyclic) bond motifs is 1. The maximum Gasteiger partial charge on any atom is 0.251 e. The van der Waals surface area contributed by atoms with Crippen LogP contribution in [-0.4, -0.2) is 60.2 Å². The summed E-state index contributed by atoms with van der Waals surface area (Å²) in [5, 5.41) is 0. The molecule has 0 aromatic carbocycles. The van der Waals surface area contributed by atoms with Crippen molar-refractivity contribution in [1.82, 2.24) is 14.9 Å². The molecule has 3 rings (SSSR count). The van der Waals surface area contributed by atoms with Gasteiger partial charge in [0.15, 0.2) is 0 Å². The quantitative estimate of drug-likeness (QED) is 0.789. The molecule has 2 fully saturated rings. The Hall–Kier alpha value is -1.69. The summed E-state index contributed by atoms with van der Waals surface area (Å²) >= 11 is 0. The van der Waals surface area contributed by atoms with Crippen molar-refractivity contribution in [3.05, 3.63) is 18.6 Å². The normalized spacial score (nSPS) is 29.1. The summed E-state index contributed by atoms with van der Waals surface area (Å²) in [7, 11) is 3.56. The van der Waals surface area contributed by atoms with E-state index in [4.69, 9.17) is 4.74 Å². The lowest BCUT2D eigenvalue weighted by Gasteiger charge is -2.34. The predicted octanol–water partition coefficient (Wildman–Crippen LogP) is 0.549. The van der Waals surface area contributed by atoms with Gasteiger partial charge < -0.3 is 14.5 Å². The first-order valence-electron chi connectivity index (χ1n) is 7.02. The molecule has 0 radical (unpaired) electrons. The second kappa shape index (κ2) is 5.36. The lowest BCUT2D eigenvalue weighted by molar-refractivity contribution is -0.140. The van der Waals surface area contributed by atoms with Gasteiger partial charge in [-0.15, -0.1) is 0 Å². The maximum absolute atomic E-state index is 12.0. The van der Waals surface area contributed by atoms with Crippen molar-refractivity contribution in [2.75, 3.05) is 32.1 Å². The number of anilines is 1. The second-order valence-electron chi connectivity index (χ2n) is 5.69. The fourth-order valence-electron chi connectivity index (χ4n) is 3.06. The summed E-state index contributed by atoms with van der Waals surface area (Å²) in [5.41, 5.74) is 0. The molecule has 108 valence electrons. The summed E-state index contributed by atoms with van der Waals surface area (Å²) in [6, 6.07) is 1.91. The SMILES string of the molecule is CN(C)C(=O)[C@@H]1C[C@H]2CCN(c3ccncn3)C[C@@H]2O1. The number of piperidine rings is 1. The number of hydrogen-bond donors (Lipinski definition) is 0. The smallest absolute Gasteiger partial charge is 0.251 e. The average molecular weight is 276 g/mol. The third-order valence-corrected chi connectivity index (χ3v) is 4.16.